The Morgan fingerprint density at radius 2 is 1.52 bits per heavy atom. The number of hydrogen-bond acceptors (Lipinski definition) is 3. The quantitative estimate of drug-likeness (QED) is 0.638. The molecule has 1 fully saturated rings. The number of ether oxygens (including phenoxy) is 1. The number of aromatic nitrogens is 1. The first-order valence-electron chi connectivity index (χ1n) is 9.73. The van der Waals surface area contributed by atoms with Crippen molar-refractivity contribution in [2.75, 3.05) is 7.11 Å². The number of nitrogens with zero attached hydrogens (tertiary/aromatic N) is 1. The van der Waals surface area contributed by atoms with Gasteiger partial charge in [-0.1, -0.05) is 19.1 Å². The van der Waals surface area contributed by atoms with E-state index in [1.165, 1.54) is 21.8 Å². The lowest BCUT2D eigenvalue weighted by Crippen LogP contribution is -2.41. The van der Waals surface area contributed by atoms with Gasteiger partial charge in [-0.25, -0.2) is 0 Å². The summed E-state index contributed by atoms with van der Waals surface area (Å²) in [4.78, 5) is 0. The third-order valence-electron chi connectivity index (χ3n) is 6.07. The van der Waals surface area contributed by atoms with Crippen LogP contribution in [0.5, 0.6) is 5.75 Å². The van der Waals surface area contributed by atoms with E-state index in [0.717, 1.165) is 24.2 Å². The van der Waals surface area contributed by atoms with Gasteiger partial charge in [0.1, 0.15) is 5.75 Å². The van der Waals surface area contributed by atoms with E-state index in [4.69, 9.17) is 14.0 Å². The minimum absolute atomic E-state index is 0.341. The highest BCUT2D eigenvalue weighted by Gasteiger charge is 2.51. The molecule has 1 aromatic heterocycles. The maximum Gasteiger partial charge on any atom is 0.494 e. The molecular weight excluding hydrogens is 337 g/mol. The highest BCUT2D eigenvalue weighted by Crippen LogP contribution is 2.37. The number of rotatable bonds is 4. The SMILES string of the molecule is CCCn1c2ccc(OC)cc2c2cc(B3OC(C)(C)C(C)(C)O3)ccc21. The van der Waals surface area contributed by atoms with Gasteiger partial charge in [0.15, 0.2) is 0 Å². The Morgan fingerprint density at radius 1 is 0.926 bits per heavy atom. The van der Waals surface area contributed by atoms with E-state index in [1.54, 1.807) is 7.11 Å². The minimum Gasteiger partial charge on any atom is -0.497 e. The van der Waals surface area contributed by atoms with Gasteiger partial charge in [0.05, 0.1) is 18.3 Å². The van der Waals surface area contributed by atoms with Crippen LogP contribution in [0.1, 0.15) is 41.0 Å². The number of methoxy groups -OCH3 is 1. The first-order chi connectivity index (χ1) is 12.8. The second-order valence-electron chi connectivity index (χ2n) is 8.40. The summed E-state index contributed by atoms with van der Waals surface area (Å²) in [6.45, 7) is 11.5. The maximum atomic E-state index is 6.26. The molecule has 0 unspecified atom stereocenters. The van der Waals surface area contributed by atoms with Crippen molar-refractivity contribution in [3.05, 3.63) is 36.4 Å². The van der Waals surface area contributed by atoms with Crippen molar-refractivity contribution in [1.82, 2.24) is 4.57 Å². The van der Waals surface area contributed by atoms with Gasteiger partial charge >= 0.3 is 7.12 Å². The Balaban J connectivity index is 1.88. The lowest BCUT2D eigenvalue weighted by atomic mass is 9.78. The zero-order valence-electron chi connectivity index (χ0n) is 17.1. The molecule has 0 spiro atoms. The van der Waals surface area contributed by atoms with E-state index in [9.17, 15) is 0 Å². The van der Waals surface area contributed by atoms with Gasteiger partial charge in [0, 0.05) is 28.4 Å². The van der Waals surface area contributed by atoms with Gasteiger partial charge in [-0.15, -0.1) is 0 Å². The molecule has 0 N–H and O–H groups in total. The molecule has 2 aromatic carbocycles. The summed E-state index contributed by atoms with van der Waals surface area (Å²) in [5.41, 5.74) is 2.84. The molecule has 3 aromatic rings. The van der Waals surface area contributed by atoms with Crippen LogP contribution < -0.4 is 10.2 Å². The largest absolute Gasteiger partial charge is 0.497 e. The van der Waals surface area contributed by atoms with E-state index in [2.05, 4.69) is 69.5 Å². The van der Waals surface area contributed by atoms with E-state index >= 15 is 0 Å². The lowest BCUT2D eigenvalue weighted by Gasteiger charge is -2.32. The fourth-order valence-corrected chi connectivity index (χ4v) is 3.82. The Hall–Kier alpha value is -1.98. The molecule has 0 aliphatic carbocycles. The summed E-state index contributed by atoms with van der Waals surface area (Å²) < 4.78 is 20.4. The summed E-state index contributed by atoms with van der Waals surface area (Å²) in [5.74, 6) is 0.874. The molecule has 0 amide bonds. The summed E-state index contributed by atoms with van der Waals surface area (Å²) in [6, 6.07) is 12.8. The number of fused-ring (bicyclic) bond motifs is 3. The molecule has 5 heteroatoms. The average molecular weight is 365 g/mol. The zero-order valence-corrected chi connectivity index (χ0v) is 17.1. The second kappa shape index (κ2) is 6.28. The number of benzene rings is 2. The predicted octanol–water partition coefficient (Wildman–Crippen LogP) is 4.51. The van der Waals surface area contributed by atoms with Crippen LogP contribution in [0, 0.1) is 0 Å². The Kier molecular flexibility index (Phi) is 4.28. The predicted molar refractivity (Wildman–Crippen MR) is 112 cm³/mol. The summed E-state index contributed by atoms with van der Waals surface area (Å²) in [6.07, 6.45) is 1.09. The summed E-state index contributed by atoms with van der Waals surface area (Å²) in [7, 11) is 1.36. The van der Waals surface area contributed by atoms with Crippen molar-refractivity contribution in [2.45, 2.75) is 58.8 Å². The van der Waals surface area contributed by atoms with Crippen LogP contribution in [0.4, 0.5) is 0 Å². The summed E-state index contributed by atoms with van der Waals surface area (Å²) in [5, 5.41) is 2.42. The van der Waals surface area contributed by atoms with Gasteiger partial charge in [-0.3, -0.25) is 0 Å². The smallest absolute Gasteiger partial charge is 0.494 e. The molecule has 1 aliphatic rings. The van der Waals surface area contributed by atoms with Crippen molar-refractivity contribution in [3.8, 4) is 5.75 Å². The molecule has 0 bridgehead atoms. The highest BCUT2D eigenvalue weighted by atomic mass is 16.7. The normalized spacial score (nSPS) is 18.5. The Labute approximate surface area is 161 Å². The number of hydrogen-bond donors (Lipinski definition) is 0. The van der Waals surface area contributed by atoms with E-state index in [-0.39, 0.29) is 18.3 Å². The van der Waals surface area contributed by atoms with Crippen molar-refractivity contribution >= 4 is 34.4 Å². The van der Waals surface area contributed by atoms with Crippen molar-refractivity contribution in [2.24, 2.45) is 0 Å². The average Bonchev–Trinajstić information content (AvgIpc) is 3.05. The highest BCUT2D eigenvalue weighted by molar-refractivity contribution is 6.62. The molecule has 2 heterocycles. The molecule has 0 saturated carbocycles. The van der Waals surface area contributed by atoms with Crippen molar-refractivity contribution < 1.29 is 14.0 Å². The fourth-order valence-electron chi connectivity index (χ4n) is 3.82. The van der Waals surface area contributed by atoms with Gasteiger partial charge in [0.2, 0.25) is 0 Å². The van der Waals surface area contributed by atoms with Gasteiger partial charge in [-0.2, -0.15) is 0 Å². The third-order valence-corrected chi connectivity index (χ3v) is 6.07. The van der Waals surface area contributed by atoms with Crippen LogP contribution in [-0.2, 0) is 15.9 Å². The molecule has 4 nitrogen and oxygen atoms in total. The molecule has 27 heavy (non-hydrogen) atoms. The fraction of sp³-hybridized carbons (Fsp3) is 0.455. The van der Waals surface area contributed by atoms with Crippen LogP contribution in [0.25, 0.3) is 21.8 Å². The first-order valence-corrected chi connectivity index (χ1v) is 9.73. The van der Waals surface area contributed by atoms with Crippen LogP contribution >= 0.6 is 0 Å². The monoisotopic (exact) mass is 365 g/mol. The van der Waals surface area contributed by atoms with Gasteiger partial charge in [0.25, 0.3) is 0 Å². The second-order valence-corrected chi connectivity index (χ2v) is 8.40. The molecule has 1 saturated heterocycles. The number of aryl methyl sites for hydroxylation is 1. The molecule has 4 rings (SSSR count). The van der Waals surface area contributed by atoms with Crippen LogP contribution in [0.3, 0.4) is 0 Å². The Bertz CT molecular complexity index is 990. The molecule has 0 radical (unpaired) electrons. The maximum absolute atomic E-state index is 6.26. The summed E-state index contributed by atoms with van der Waals surface area (Å²) >= 11 is 0. The van der Waals surface area contributed by atoms with Gasteiger partial charge in [-0.05, 0) is 63.8 Å². The minimum atomic E-state index is -0.352. The van der Waals surface area contributed by atoms with Crippen LogP contribution in [0.15, 0.2) is 36.4 Å². The molecular formula is C22H28BNO3. The van der Waals surface area contributed by atoms with Crippen LogP contribution in [-0.4, -0.2) is 30.0 Å². The van der Waals surface area contributed by atoms with E-state index in [0.29, 0.717) is 0 Å². The standard InChI is InChI=1S/C22H28BNO3/c1-7-12-24-19-10-8-15(23-26-21(2,3)22(4,5)27-23)13-17(19)18-14-16(25-6)9-11-20(18)24/h8-11,13-14H,7,12H2,1-6H3. The van der Waals surface area contributed by atoms with Crippen LogP contribution in [0.2, 0.25) is 0 Å². The topological polar surface area (TPSA) is 32.6 Å². The third kappa shape index (κ3) is 2.84. The zero-order chi connectivity index (χ0) is 19.4. The van der Waals surface area contributed by atoms with E-state index in [1.807, 2.05) is 6.07 Å². The molecule has 1 aliphatic heterocycles. The van der Waals surface area contributed by atoms with Crippen molar-refractivity contribution in [3.63, 3.8) is 0 Å². The van der Waals surface area contributed by atoms with Crippen molar-refractivity contribution in [1.29, 1.82) is 0 Å². The molecule has 142 valence electrons. The van der Waals surface area contributed by atoms with Gasteiger partial charge < -0.3 is 18.6 Å². The lowest BCUT2D eigenvalue weighted by molar-refractivity contribution is 0.00578. The molecule has 0 atom stereocenters. The van der Waals surface area contributed by atoms with E-state index < -0.39 is 0 Å². The first kappa shape index (κ1) is 18.4. The Morgan fingerprint density at radius 3 is 2.11 bits per heavy atom.